The average Bonchev–Trinajstić information content (AvgIpc) is 2.39. The van der Waals surface area contributed by atoms with Crippen LogP contribution in [0.15, 0.2) is 0 Å². The summed E-state index contributed by atoms with van der Waals surface area (Å²) in [4.78, 5) is 13.7. The molecule has 1 heterocycles. The molecule has 1 aromatic rings. The molecule has 0 amide bonds. The quantitative estimate of drug-likeness (QED) is 0.791. The summed E-state index contributed by atoms with van der Waals surface area (Å²) >= 11 is 0. The Hall–Kier alpha value is -1.36. The highest BCUT2D eigenvalue weighted by Crippen LogP contribution is 2.23. The van der Waals surface area contributed by atoms with E-state index < -0.39 is 0 Å². The van der Waals surface area contributed by atoms with Gasteiger partial charge in [0.25, 0.3) is 0 Å². The van der Waals surface area contributed by atoms with Crippen LogP contribution in [0.2, 0.25) is 0 Å². The lowest BCUT2D eigenvalue weighted by Crippen LogP contribution is -2.29. The minimum Gasteiger partial charge on any atom is -0.370 e. The fourth-order valence-electron chi connectivity index (χ4n) is 2.25. The zero-order valence-corrected chi connectivity index (χ0v) is 13.8. The van der Waals surface area contributed by atoms with E-state index in [1.54, 1.807) is 0 Å². The van der Waals surface area contributed by atoms with Crippen molar-refractivity contribution in [2.24, 2.45) is 0 Å². The molecule has 0 aromatic carbocycles. The summed E-state index contributed by atoms with van der Waals surface area (Å²) in [5.74, 6) is 2.85. The third kappa shape index (κ3) is 4.63. The van der Waals surface area contributed by atoms with Gasteiger partial charge in [-0.2, -0.15) is 0 Å². The maximum atomic E-state index is 4.65. The molecule has 0 saturated carbocycles. The maximum absolute atomic E-state index is 4.65. The van der Waals surface area contributed by atoms with Gasteiger partial charge in [-0.3, -0.25) is 0 Å². The van der Waals surface area contributed by atoms with Gasteiger partial charge < -0.3 is 15.1 Å². The Morgan fingerprint density at radius 1 is 1.05 bits per heavy atom. The molecule has 20 heavy (non-hydrogen) atoms. The van der Waals surface area contributed by atoms with Crippen LogP contribution in [0.25, 0.3) is 0 Å². The smallest absolute Gasteiger partial charge is 0.137 e. The molecule has 0 atom stereocenters. The van der Waals surface area contributed by atoms with Crippen LogP contribution in [-0.2, 0) is 0 Å². The molecule has 1 rings (SSSR count). The lowest BCUT2D eigenvalue weighted by molar-refractivity contribution is 0.400. The predicted molar refractivity (Wildman–Crippen MR) is 86.7 cm³/mol. The number of hydrogen-bond donors (Lipinski definition) is 1. The Bertz CT molecular complexity index is 417. The highest BCUT2D eigenvalue weighted by Gasteiger charge is 2.14. The summed E-state index contributed by atoms with van der Waals surface area (Å²) < 4.78 is 0. The van der Waals surface area contributed by atoms with Crippen molar-refractivity contribution in [3.8, 4) is 0 Å². The molecule has 5 heteroatoms. The summed E-state index contributed by atoms with van der Waals surface area (Å²) in [5.41, 5.74) is 1.14. The van der Waals surface area contributed by atoms with Gasteiger partial charge >= 0.3 is 0 Å². The number of aryl methyl sites for hydroxylation is 1. The van der Waals surface area contributed by atoms with Crippen LogP contribution in [0.4, 0.5) is 11.6 Å². The van der Waals surface area contributed by atoms with Crippen molar-refractivity contribution in [3.63, 3.8) is 0 Å². The van der Waals surface area contributed by atoms with Gasteiger partial charge in [-0.25, -0.2) is 9.97 Å². The van der Waals surface area contributed by atoms with Crippen LogP contribution in [0, 0.1) is 13.8 Å². The van der Waals surface area contributed by atoms with Crippen LogP contribution in [0.3, 0.4) is 0 Å². The van der Waals surface area contributed by atoms with E-state index in [1.165, 1.54) is 0 Å². The van der Waals surface area contributed by atoms with Gasteiger partial charge in [-0.05, 0) is 54.8 Å². The maximum Gasteiger partial charge on any atom is 0.137 e. The van der Waals surface area contributed by atoms with Gasteiger partial charge in [0.2, 0.25) is 0 Å². The molecule has 0 saturated heterocycles. The summed E-state index contributed by atoms with van der Waals surface area (Å²) in [6.45, 7) is 12.3. The Balaban J connectivity index is 2.90. The van der Waals surface area contributed by atoms with Crippen LogP contribution in [0.5, 0.6) is 0 Å². The van der Waals surface area contributed by atoms with Crippen LogP contribution >= 0.6 is 0 Å². The Labute approximate surface area is 123 Å². The Kier molecular flexibility index (Phi) is 6.71. The van der Waals surface area contributed by atoms with Crippen molar-refractivity contribution < 1.29 is 0 Å². The van der Waals surface area contributed by atoms with Crippen molar-refractivity contribution in [2.75, 3.05) is 50.5 Å². The van der Waals surface area contributed by atoms with Crippen molar-refractivity contribution in [1.82, 2.24) is 14.9 Å². The molecule has 0 aliphatic rings. The van der Waals surface area contributed by atoms with Crippen LogP contribution in [-0.4, -0.2) is 55.1 Å². The largest absolute Gasteiger partial charge is 0.370 e. The number of nitrogens with one attached hydrogen (secondary N) is 1. The zero-order chi connectivity index (χ0) is 15.1. The van der Waals surface area contributed by atoms with Crippen molar-refractivity contribution >= 4 is 11.6 Å². The molecule has 0 bridgehead atoms. The second-order valence-corrected chi connectivity index (χ2v) is 5.33. The minimum absolute atomic E-state index is 0.826. The molecule has 0 aliphatic carbocycles. The standard InChI is InChI=1S/C15H29N5/c1-7-16-14-12(3)15(18-13(4)17-14)20(8-2)11-9-10-19(5)6/h7-11H2,1-6H3,(H,16,17,18). The first-order valence-electron chi connectivity index (χ1n) is 7.48. The molecule has 0 unspecified atom stereocenters. The molecule has 0 aliphatic heterocycles. The highest BCUT2D eigenvalue weighted by molar-refractivity contribution is 5.58. The van der Waals surface area contributed by atoms with Gasteiger partial charge in [0, 0.05) is 25.2 Å². The molecule has 1 N–H and O–H groups in total. The van der Waals surface area contributed by atoms with E-state index in [4.69, 9.17) is 0 Å². The summed E-state index contributed by atoms with van der Waals surface area (Å²) in [6.07, 6.45) is 1.14. The second kappa shape index (κ2) is 8.04. The van der Waals surface area contributed by atoms with E-state index in [0.717, 1.165) is 55.6 Å². The van der Waals surface area contributed by atoms with Gasteiger partial charge in [-0.15, -0.1) is 0 Å². The van der Waals surface area contributed by atoms with Crippen molar-refractivity contribution in [1.29, 1.82) is 0 Å². The molecule has 0 spiro atoms. The molecule has 0 radical (unpaired) electrons. The second-order valence-electron chi connectivity index (χ2n) is 5.33. The van der Waals surface area contributed by atoms with Gasteiger partial charge in [0.15, 0.2) is 0 Å². The lowest BCUT2D eigenvalue weighted by Gasteiger charge is -2.25. The van der Waals surface area contributed by atoms with E-state index in [2.05, 4.69) is 60.0 Å². The Morgan fingerprint density at radius 3 is 2.30 bits per heavy atom. The fourth-order valence-corrected chi connectivity index (χ4v) is 2.25. The molecule has 5 nitrogen and oxygen atoms in total. The summed E-state index contributed by atoms with van der Waals surface area (Å²) in [7, 11) is 4.22. The minimum atomic E-state index is 0.826. The number of rotatable bonds is 8. The number of nitrogens with zero attached hydrogens (tertiary/aromatic N) is 4. The first-order valence-corrected chi connectivity index (χ1v) is 7.48. The number of aromatic nitrogens is 2. The molecule has 0 fully saturated rings. The van der Waals surface area contributed by atoms with E-state index in [0.29, 0.717) is 0 Å². The van der Waals surface area contributed by atoms with E-state index in [-0.39, 0.29) is 0 Å². The fraction of sp³-hybridized carbons (Fsp3) is 0.733. The third-order valence-electron chi connectivity index (χ3n) is 3.29. The van der Waals surface area contributed by atoms with E-state index in [9.17, 15) is 0 Å². The van der Waals surface area contributed by atoms with Crippen molar-refractivity contribution in [3.05, 3.63) is 11.4 Å². The van der Waals surface area contributed by atoms with Crippen LogP contribution < -0.4 is 10.2 Å². The lowest BCUT2D eigenvalue weighted by atomic mass is 10.2. The molecular formula is C15H29N5. The van der Waals surface area contributed by atoms with Gasteiger partial charge in [0.1, 0.15) is 17.5 Å². The van der Waals surface area contributed by atoms with Gasteiger partial charge in [0.05, 0.1) is 0 Å². The van der Waals surface area contributed by atoms with E-state index in [1.807, 2.05) is 6.92 Å². The summed E-state index contributed by atoms with van der Waals surface area (Å²) in [5, 5.41) is 3.32. The summed E-state index contributed by atoms with van der Waals surface area (Å²) in [6, 6.07) is 0. The van der Waals surface area contributed by atoms with Crippen LogP contribution in [0.1, 0.15) is 31.7 Å². The third-order valence-corrected chi connectivity index (χ3v) is 3.29. The van der Waals surface area contributed by atoms with Gasteiger partial charge in [-0.1, -0.05) is 0 Å². The Morgan fingerprint density at radius 2 is 1.75 bits per heavy atom. The first-order chi connectivity index (χ1) is 9.49. The molecule has 114 valence electrons. The van der Waals surface area contributed by atoms with E-state index >= 15 is 0 Å². The monoisotopic (exact) mass is 279 g/mol. The normalized spacial score (nSPS) is 10.9. The highest BCUT2D eigenvalue weighted by atomic mass is 15.2. The molecule has 1 aromatic heterocycles. The predicted octanol–water partition coefficient (Wildman–Crippen LogP) is 2.30. The van der Waals surface area contributed by atoms with Crippen molar-refractivity contribution in [2.45, 2.75) is 34.1 Å². The topological polar surface area (TPSA) is 44.3 Å². The SMILES string of the molecule is CCNc1nc(C)nc(N(CC)CCCN(C)C)c1C. The number of hydrogen-bond acceptors (Lipinski definition) is 5. The zero-order valence-electron chi connectivity index (χ0n) is 13.8. The molecular weight excluding hydrogens is 250 g/mol. The average molecular weight is 279 g/mol. The first kappa shape index (κ1) is 16.7. The number of anilines is 2.